The van der Waals surface area contributed by atoms with Crippen molar-refractivity contribution < 1.29 is 13.2 Å². The minimum absolute atomic E-state index is 0.0145. The molecular formula is C14H13ClF3N3. The maximum Gasteiger partial charge on any atom is 0.416 e. The maximum atomic E-state index is 12.7. The summed E-state index contributed by atoms with van der Waals surface area (Å²) in [5.41, 5.74) is 7.48. The van der Waals surface area contributed by atoms with Crippen LogP contribution in [0.1, 0.15) is 29.7 Å². The van der Waals surface area contributed by atoms with Crippen LogP contribution in [0.4, 0.5) is 19.0 Å². The highest BCUT2D eigenvalue weighted by Gasteiger charge is 2.31. The van der Waals surface area contributed by atoms with Gasteiger partial charge in [-0.05, 0) is 43.9 Å². The Morgan fingerprint density at radius 1 is 1.19 bits per heavy atom. The smallest absolute Gasteiger partial charge is 0.382 e. The van der Waals surface area contributed by atoms with Crippen LogP contribution in [-0.4, -0.2) is 9.78 Å². The summed E-state index contributed by atoms with van der Waals surface area (Å²) < 4.78 is 39.6. The van der Waals surface area contributed by atoms with Gasteiger partial charge in [0.15, 0.2) is 0 Å². The fourth-order valence-electron chi connectivity index (χ4n) is 2.68. The first-order valence-electron chi connectivity index (χ1n) is 6.61. The van der Waals surface area contributed by atoms with Crippen LogP contribution in [0, 0.1) is 0 Å². The van der Waals surface area contributed by atoms with E-state index in [1.165, 1.54) is 6.07 Å². The van der Waals surface area contributed by atoms with Crippen molar-refractivity contribution in [3.63, 3.8) is 0 Å². The number of aromatic nitrogens is 2. The Bertz CT molecular complexity index is 692. The van der Waals surface area contributed by atoms with Gasteiger partial charge in [-0.2, -0.15) is 18.3 Å². The van der Waals surface area contributed by atoms with Crippen molar-refractivity contribution in [1.29, 1.82) is 0 Å². The number of nitrogens with two attached hydrogens (primary N) is 1. The van der Waals surface area contributed by atoms with Crippen molar-refractivity contribution in [2.45, 2.75) is 31.9 Å². The normalized spacial score (nSPS) is 15.0. The Labute approximate surface area is 124 Å². The average Bonchev–Trinajstić information content (AvgIpc) is 2.76. The van der Waals surface area contributed by atoms with Crippen molar-refractivity contribution in [3.8, 4) is 5.69 Å². The van der Waals surface area contributed by atoms with E-state index < -0.39 is 11.7 Å². The largest absolute Gasteiger partial charge is 0.416 e. The Hall–Kier alpha value is -1.69. The third-order valence-electron chi connectivity index (χ3n) is 3.71. The number of alkyl halides is 3. The van der Waals surface area contributed by atoms with E-state index in [1.54, 1.807) is 4.68 Å². The molecule has 1 aliphatic carbocycles. The van der Waals surface area contributed by atoms with E-state index >= 15 is 0 Å². The SMILES string of the molecule is Nc1nn(-c2ccc(C(F)(F)F)cc2Cl)c2c1CCCC2. The topological polar surface area (TPSA) is 43.8 Å². The van der Waals surface area contributed by atoms with Crippen LogP contribution in [0.3, 0.4) is 0 Å². The second-order valence-electron chi connectivity index (χ2n) is 5.09. The van der Waals surface area contributed by atoms with Crippen molar-refractivity contribution in [2.75, 3.05) is 5.73 Å². The molecule has 0 saturated heterocycles. The highest BCUT2D eigenvalue weighted by molar-refractivity contribution is 6.32. The molecule has 0 radical (unpaired) electrons. The lowest BCUT2D eigenvalue weighted by molar-refractivity contribution is -0.137. The van der Waals surface area contributed by atoms with Crippen LogP contribution in [-0.2, 0) is 19.0 Å². The summed E-state index contributed by atoms with van der Waals surface area (Å²) in [5, 5.41) is 4.26. The van der Waals surface area contributed by atoms with Crippen LogP contribution in [0.2, 0.25) is 5.02 Å². The summed E-state index contributed by atoms with van der Waals surface area (Å²) in [7, 11) is 0. The van der Waals surface area contributed by atoms with E-state index in [9.17, 15) is 13.2 Å². The van der Waals surface area contributed by atoms with E-state index in [4.69, 9.17) is 17.3 Å². The minimum atomic E-state index is -4.41. The number of anilines is 1. The molecule has 7 heteroatoms. The fourth-order valence-corrected chi connectivity index (χ4v) is 2.94. The van der Waals surface area contributed by atoms with Gasteiger partial charge in [0.2, 0.25) is 0 Å². The zero-order chi connectivity index (χ0) is 15.2. The summed E-state index contributed by atoms with van der Waals surface area (Å²) in [6.07, 6.45) is -0.707. The van der Waals surface area contributed by atoms with Crippen molar-refractivity contribution in [3.05, 3.63) is 40.0 Å². The van der Waals surface area contributed by atoms with Crippen molar-refractivity contribution in [1.82, 2.24) is 9.78 Å². The van der Waals surface area contributed by atoms with Gasteiger partial charge < -0.3 is 5.73 Å². The first-order chi connectivity index (χ1) is 9.88. The highest BCUT2D eigenvalue weighted by atomic mass is 35.5. The van der Waals surface area contributed by atoms with E-state index in [1.807, 2.05) is 0 Å². The number of benzene rings is 1. The van der Waals surface area contributed by atoms with Gasteiger partial charge in [-0.3, -0.25) is 0 Å². The molecule has 2 N–H and O–H groups in total. The summed E-state index contributed by atoms with van der Waals surface area (Å²) in [6.45, 7) is 0. The second kappa shape index (κ2) is 4.94. The average molecular weight is 316 g/mol. The molecule has 3 nitrogen and oxygen atoms in total. The Morgan fingerprint density at radius 3 is 2.57 bits per heavy atom. The zero-order valence-corrected chi connectivity index (χ0v) is 11.8. The first-order valence-corrected chi connectivity index (χ1v) is 6.99. The lowest BCUT2D eigenvalue weighted by Gasteiger charge is -2.15. The molecule has 112 valence electrons. The Kier molecular flexibility index (Phi) is 3.36. The Balaban J connectivity index is 2.10. The molecule has 1 heterocycles. The molecule has 0 aliphatic heterocycles. The number of nitrogens with zero attached hydrogens (tertiary/aromatic N) is 2. The van der Waals surface area contributed by atoms with E-state index in [0.29, 0.717) is 11.5 Å². The zero-order valence-electron chi connectivity index (χ0n) is 11.0. The van der Waals surface area contributed by atoms with Gasteiger partial charge in [-0.15, -0.1) is 0 Å². The van der Waals surface area contributed by atoms with Gasteiger partial charge in [0.05, 0.1) is 16.3 Å². The van der Waals surface area contributed by atoms with E-state index in [0.717, 1.165) is 49.1 Å². The molecular weight excluding hydrogens is 303 g/mol. The summed E-state index contributed by atoms with van der Waals surface area (Å²) >= 11 is 6.02. The lowest BCUT2D eigenvalue weighted by Crippen LogP contribution is -2.10. The summed E-state index contributed by atoms with van der Waals surface area (Å²) in [5.74, 6) is 0.431. The van der Waals surface area contributed by atoms with Gasteiger partial charge in [0.25, 0.3) is 0 Å². The van der Waals surface area contributed by atoms with Crippen LogP contribution in [0.25, 0.3) is 5.69 Å². The Morgan fingerprint density at radius 2 is 1.90 bits per heavy atom. The maximum absolute atomic E-state index is 12.7. The predicted octanol–water partition coefficient (Wildman–Crippen LogP) is 4.01. The summed E-state index contributed by atoms with van der Waals surface area (Å²) in [6, 6.07) is 3.27. The van der Waals surface area contributed by atoms with Crippen molar-refractivity contribution in [2.24, 2.45) is 0 Å². The highest BCUT2D eigenvalue weighted by Crippen LogP contribution is 2.35. The molecule has 0 bridgehead atoms. The number of hydrogen-bond donors (Lipinski definition) is 1. The van der Waals surface area contributed by atoms with Crippen LogP contribution in [0.5, 0.6) is 0 Å². The van der Waals surface area contributed by atoms with Gasteiger partial charge in [0.1, 0.15) is 5.82 Å². The van der Waals surface area contributed by atoms with E-state index in [-0.39, 0.29) is 5.02 Å². The molecule has 0 saturated carbocycles. The van der Waals surface area contributed by atoms with Crippen LogP contribution in [0.15, 0.2) is 18.2 Å². The molecule has 1 aliphatic rings. The lowest BCUT2D eigenvalue weighted by atomic mass is 9.97. The predicted molar refractivity (Wildman–Crippen MR) is 74.6 cm³/mol. The first kappa shape index (κ1) is 14.3. The molecule has 1 aromatic heterocycles. The van der Waals surface area contributed by atoms with Gasteiger partial charge >= 0.3 is 6.18 Å². The van der Waals surface area contributed by atoms with Crippen LogP contribution < -0.4 is 5.73 Å². The molecule has 1 aromatic carbocycles. The number of hydrogen-bond acceptors (Lipinski definition) is 2. The molecule has 0 fully saturated rings. The van der Waals surface area contributed by atoms with E-state index in [2.05, 4.69) is 5.10 Å². The number of rotatable bonds is 1. The second-order valence-corrected chi connectivity index (χ2v) is 5.50. The molecule has 3 rings (SSSR count). The van der Waals surface area contributed by atoms with Gasteiger partial charge in [0, 0.05) is 11.3 Å². The molecule has 21 heavy (non-hydrogen) atoms. The molecule has 2 aromatic rings. The van der Waals surface area contributed by atoms with Gasteiger partial charge in [-0.1, -0.05) is 11.6 Å². The number of nitrogen functional groups attached to an aromatic ring is 1. The molecule has 0 atom stereocenters. The third kappa shape index (κ3) is 2.48. The number of fused-ring (bicyclic) bond motifs is 1. The molecule has 0 unspecified atom stereocenters. The fraction of sp³-hybridized carbons (Fsp3) is 0.357. The molecule has 0 amide bonds. The van der Waals surface area contributed by atoms with Crippen molar-refractivity contribution >= 4 is 17.4 Å². The minimum Gasteiger partial charge on any atom is -0.382 e. The monoisotopic (exact) mass is 315 g/mol. The summed E-state index contributed by atoms with van der Waals surface area (Å²) in [4.78, 5) is 0. The third-order valence-corrected chi connectivity index (χ3v) is 4.02. The number of halogens is 4. The standard InChI is InChI=1S/C14H13ClF3N3/c15-10-7-8(14(16,17)18)5-6-12(10)21-11-4-2-1-3-9(11)13(19)20-21/h5-7H,1-4H2,(H2,19,20). The van der Waals surface area contributed by atoms with Gasteiger partial charge in [-0.25, -0.2) is 4.68 Å². The molecule has 0 spiro atoms. The quantitative estimate of drug-likeness (QED) is 0.864. The van der Waals surface area contributed by atoms with Crippen LogP contribution >= 0.6 is 11.6 Å².